The summed E-state index contributed by atoms with van der Waals surface area (Å²) in [5.41, 5.74) is 3.37. The van der Waals surface area contributed by atoms with Gasteiger partial charge in [-0.3, -0.25) is 4.79 Å². The molecule has 3 aromatic rings. The molecule has 1 aliphatic heterocycles. The van der Waals surface area contributed by atoms with Crippen molar-refractivity contribution in [2.75, 3.05) is 31.6 Å². The van der Waals surface area contributed by atoms with Gasteiger partial charge in [-0.1, -0.05) is 30.3 Å². The SMILES string of the molecule is Cc1sc(NC(=O)c2ccccc2)c([C@@H](c2ccccc2F)[NH+]2CCOCC2)c1C. The molecular formula is C24H26FN2O2S+. The molecule has 4 rings (SSSR count). The monoisotopic (exact) mass is 425 g/mol. The summed E-state index contributed by atoms with van der Waals surface area (Å²) < 4.78 is 20.5. The number of benzene rings is 2. The van der Waals surface area contributed by atoms with Crippen LogP contribution < -0.4 is 10.2 Å². The Morgan fingerprint density at radius 2 is 1.73 bits per heavy atom. The second-order valence-electron chi connectivity index (χ2n) is 7.57. The van der Waals surface area contributed by atoms with E-state index in [1.54, 1.807) is 29.5 Å². The average Bonchev–Trinajstić information content (AvgIpc) is 3.04. The molecule has 0 radical (unpaired) electrons. The molecule has 2 heterocycles. The van der Waals surface area contributed by atoms with Gasteiger partial charge in [0.25, 0.3) is 5.91 Å². The first kappa shape index (κ1) is 20.7. The predicted molar refractivity (Wildman–Crippen MR) is 118 cm³/mol. The van der Waals surface area contributed by atoms with Crippen molar-refractivity contribution < 1.29 is 18.8 Å². The molecule has 1 aliphatic rings. The lowest BCUT2D eigenvalue weighted by Crippen LogP contribution is -3.14. The molecule has 4 nitrogen and oxygen atoms in total. The number of carbonyl (C=O) groups is 1. The molecule has 2 aromatic carbocycles. The lowest BCUT2D eigenvalue weighted by atomic mass is 9.94. The number of aryl methyl sites for hydroxylation is 1. The fraction of sp³-hybridized carbons (Fsp3) is 0.292. The Labute approximate surface area is 180 Å². The lowest BCUT2D eigenvalue weighted by Gasteiger charge is -2.32. The lowest BCUT2D eigenvalue weighted by molar-refractivity contribution is -0.933. The van der Waals surface area contributed by atoms with Crippen LogP contribution in [0.5, 0.6) is 0 Å². The van der Waals surface area contributed by atoms with E-state index >= 15 is 0 Å². The third kappa shape index (κ3) is 4.17. The number of rotatable bonds is 5. The maximum absolute atomic E-state index is 14.9. The minimum atomic E-state index is -0.218. The second-order valence-corrected chi connectivity index (χ2v) is 8.80. The molecule has 1 aromatic heterocycles. The third-order valence-electron chi connectivity index (χ3n) is 5.74. The predicted octanol–water partition coefficient (Wildman–Crippen LogP) is 3.76. The summed E-state index contributed by atoms with van der Waals surface area (Å²) in [5.74, 6) is -0.368. The molecule has 0 bridgehead atoms. The summed E-state index contributed by atoms with van der Waals surface area (Å²) in [4.78, 5) is 15.3. The van der Waals surface area contributed by atoms with Crippen LogP contribution in [-0.2, 0) is 4.74 Å². The van der Waals surface area contributed by atoms with E-state index in [1.807, 2.05) is 30.3 Å². The Hall–Kier alpha value is -2.54. The first-order valence-electron chi connectivity index (χ1n) is 10.2. The first-order chi connectivity index (χ1) is 14.6. The molecule has 0 aliphatic carbocycles. The highest BCUT2D eigenvalue weighted by Crippen LogP contribution is 2.39. The zero-order valence-electron chi connectivity index (χ0n) is 17.2. The highest BCUT2D eigenvalue weighted by Gasteiger charge is 2.35. The van der Waals surface area contributed by atoms with Gasteiger partial charge in [-0.25, -0.2) is 4.39 Å². The van der Waals surface area contributed by atoms with Crippen molar-refractivity contribution in [3.8, 4) is 0 Å². The van der Waals surface area contributed by atoms with Crippen LogP contribution in [-0.4, -0.2) is 32.2 Å². The fourth-order valence-corrected chi connectivity index (χ4v) is 5.15. The number of nitrogens with one attached hydrogen (secondary N) is 2. The summed E-state index contributed by atoms with van der Waals surface area (Å²) in [7, 11) is 0. The number of anilines is 1. The van der Waals surface area contributed by atoms with Gasteiger partial charge in [0.2, 0.25) is 0 Å². The van der Waals surface area contributed by atoms with Crippen LogP contribution in [0.3, 0.4) is 0 Å². The molecule has 0 unspecified atom stereocenters. The van der Waals surface area contributed by atoms with Crippen LogP contribution in [0, 0.1) is 19.7 Å². The summed E-state index contributed by atoms with van der Waals surface area (Å²) >= 11 is 1.56. The summed E-state index contributed by atoms with van der Waals surface area (Å²) in [6, 6.07) is 15.9. The van der Waals surface area contributed by atoms with Gasteiger partial charge < -0.3 is 15.0 Å². The minimum Gasteiger partial charge on any atom is -0.370 e. The van der Waals surface area contributed by atoms with E-state index in [0.29, 0.717) is 24.3 Å². The maximum atomic E-state index is 14.9. The Morgan fingerprint density at radius 1 is 1.07 bits per heavy atom. The molecule has 2 N–H and O–H groups in total. The van der Waals surface area contributed by atoms with Gasteiger partial charge in [-0.05, 0) is 43.7 Å². The van der Waals surface area contributed by atoms with Gasteiger partial charge in [0.1, 0.15) is 29.9 Å². The standard InChI is InChI=1S/C24H25FN2O2S/c1-16-17(2)30-24(26-23(28)18-8-4-3-5-9-18)21(16)22(27-12-14-29-15-13-27)19-10-6-7-11-20(19)25/h3-11,22H,12-15H2,1-2H3,(H,26,28)/p+1/t22-/m1/s1. The van der Waals surface area contributed by atoms with E-state index in [1.165, 1.54) is 11.0 Å². The Bertz CT molecular complexity index is 1030. The Kier molecular flexibility index (Phi) is 6.27. The number of quaternary nitrogens is 1. The molecule has 1 fully saturated rings. The zero-order valence-corrected chi connectivity index (χ0v) is 18.0. The summed E-state index contributed by atoms with van der Waals surface area (Å²) in [6.45, 7) is 6.99. The average molecular weight is 426 g/mol. The van der Waals surface area contributed by atoms with E-state index in [2.05, 4.69) is 19.2 Å². The number of amides is 1. The van der Waals surface area contributed by atoms with Crippen molar-refractivity contribution in [3.63, 3.8) is 0 Å². The van der Waals surface area contributed by atoms with E-state index < -0.39 is 0 Å². The van der Waals surface area contributed by atoms with Crippen molar-refractivity contribution in [2.24, 2.45) is 0 Å². The van der Waals surface area contributed by atoms with Crippen molar-refractivity contribution in [3.05, 3.63) is 87.5 Å². The number of morpholine rings is 1. The van der Waals surface area contributed by atoms with Gasteiger partial charge in [-0.15, -0.1) is 11.3 Å². The number of carbonyl (C=O) groups excluding carboxylic acids is 1. The van der Waals surface area contributed by atoms with Crippen LogP contribution in [0.25, 0.3) is 0 Å². The quantitative estimate of drug-likeness (QED) is 0.654. The zero-order chi connectivity index (χ0) is 21.1. The first-order valence-corrected chi connectivity index (χ1v) is 11.0. The number of hydrogen-bond acceptors (Lipinski definition) is 3. The van der Waals surface area contributed by atoms with E-state index in [-0.39, 0.29) is 17.8 Å². The fourth-order valence-electron chi connectivity index (χ4n) is 4.06. The smallest absolute Gasteiger partial charge is 0.256 e. The van der Waals surface area contributed by atoms with Gasteiger partial charge in [0, 0.05) is 16.0 Å². The number of halogens is 1. The molecule has 6 heteroatoms. The van der Waals surface area contributed by atoms with Crippen LogP contribution in [0.15, 0.2) is 54.6 Å². The Morgan fingerprint density at radius 3 is 2.43 bits per heavy atom. The maximum Gasteiger partial charge on any atom is 0.256 e. The molecule has 1 saturated heterocycles. The molecule has 0 saturated carbocycles. The van der Waals surface area contributed by atoms with Gasteiger partial charge in [-0.2, -0.15) is 0 Å². The van der Waals surface area contributed by atoms with Crippen LogP contribution in [0.1, 0.15) is 38.0 Å². The van der Waals surface area contributed by atoms with Crippen molar-refractivity contribution in [2.45, 2.75) is 19.9 Å². The normalized spacial score (nSPS) is 15.7. The van der Waals surface area contributed by atoms with Crippen LogP contribution in [0.4, 0.5) is 9.39 Å². The van der Waals surface area contributed by atoms with Gasteiger partial charge in [0.15, 0.2) is 0 Å². The van der Waals surface area contributed by atoms with E-state index in [4.69, 9.17) is 4.74 Å². The summed E-state index contributed by atoms with van der Waals surface area (Å²) in [5, 5.41) is 3.91. The van der Waals surface area contributed by atoms with Crippen molar-refractivity contribution in [1.82, 2.24) is 0 Å². The van der Waals surface area contributed by atoms with Crippen LogP contribution >= 0.6 is 11.3 Å². The minimum absolute atomic E-state index is 0.151. The molecule has 156 valence electrons. The number of ether oxygens (including phenoxy) is 1. The molecule has 30 heavy (non-hydrogen) atoms. The highest BCUT2D eigenvalue weighted by molar-refractivity contribution is 7.16. The molecule has 1 amide bonds. The van der Waals surface area contributed by atoms with E-state index in [9.17, 15) is 9.18 Å². The van der Waals surface area contributed by atoms with Crippen molar-refractivity contribution >= 4 is 22.2 Å². The highest BCUT2D eigenvalue weighted by atomic mass is 32.1. The topological polar surface area (TPSA) is 42.8 Å². The third-order valence-corrected chi connectivity index (χ3v) is 6.88. The van der Waals surface area contributed by atoms with E-state index in [0.717, 1.165) is 34.1 Å². The number of hydrogen-bond donors (Lipinski definition) is 2. The molecular weight excluding hydrogens is 399 g/mol. The Balaban J connectivity index is 1.79. The van der Waals surface area contributed by atoms with Gasteiger partial charge >= 0.3 is 0 Å². The largest absolute Gasteiger partial charge is 0.370 e. The molecule has 0 spiro atoms. The number of thiophene rings is 1. The van der Waals surface area contributed by atoms with Gasteiger partial charge in [0.05, 0.1) is 18.8 Å². The van der Waals surface area contributed by atoms with Crippen LogP contribution in [0.2, 0.25) is 0 Å². The molecule has 1 atom stereocenters. The van der Waals surface area contributed by atoms with Crippen molar-refractivity contribution in [1.29, 1.82) is 0 Å². The summed E-state index contributed by atoms with van der Waals surface area (Å²) in [6.07, 6.45) is 0. The second kappa shape index (κ2) is 9.08.